The molecule has 1 aromatic carbocycles. The van der Waals surface area contributed by atoms with Crippen molar-refractivity contribution in [2.45, 2.75) is 44.1 Å². The lowest BCUT2D eigenvalue weighted by molar-refractivity contribution is -0.118. The number of carbonyl (C=O) groups excluding carboxylic acids is 1. The average Bonchev–Trinajstić information content (AvgIpc) is 3.33. The number of piperidine rings is 1. The maximum absolute atomic E-state index is 12.3. The number of aromatic nitrogens is 2. The predicted octanol–water partition coefficient (Wildman–Crippen LogP) is 2.69. The molecule has 0 bridgehead atoms. The van der Waals surface area contributed by atoms with Gasteiger partial charge in [0.05, 0.1) is 6.04 Å². The van der Waals surface area contributed by atoms with Gasteiger partial charge in [0.1, 0.15) is 0 Å². The molecule has 2 aromatic rings. The molecule has 0 radical (unpaired) electrons. The van der Waals surface area contributed by atoms with Crippen molar-refractivity contribution in [3.63, 3.8) is 0 Å². The molecule has 1 aliphatic carbocycles. The van der Waals surface area contributed by atoms with Gasteiger partial charge < -0.3 is 15.2 Å². The minimum atomic E-state index is -0.0981. The normalized spacial score (nSPS) is 21.1. The molecule has 23 heavy (non-hydrogen) atoms. The monoisotopic (exact) mass is 312 g/mol. The highest BCUT2D eigenvalue weighted by Crippen LogP contribution is 2.39. The van der Waals surface area contributed by atoms with Crippen LogP contribution >= 0.6 is 0 Å². The van der Waals surface area contributed by atoms with Gasteiger partial charge in [-0.15, -0.1) is 0 Å². The number of nitrogens with one attached hydrogen (secondary N) is 2. The largest absolute Gasteiger partial charge is 0.339 e. The zero-order chi connectivity index (χ0) is 15.6. The molecular weight excluding hydrogens is 292 g/mol. The fourth-order valence-electron chi connectivity index (χ4n) is 2.89. The molecule has 1 saturated carbocycles. The van der Waals surface area contributed by atoms with Gasteiger partial charge in [-0.2, -0.15) is 4.98 Å². The topological polar surface area (TPSA) is 80.1 Å². The van der Waals surface area contributed by atoms with Crippen LogP contribution in [0.4, 0.5) is 5.69 Å². The smallest absolute Gasteiger partial charge is 0.241 e. The van der Waals surface area contributed by atoms with Gasteiger partial charge in [0, 0.05) is 17.2 Å². The number of benzene rings is 1. The van der Waals surface area contributed by atoms with Gasteiger partial charge in [0.25, 0.3) is 0 Å². The summed E-state index contributed by atoms with van der Waals surface area (Å²) in [6, 6.07) is 7.50. The van der Waals surface area contributed by atoms with Gasteiger partial charge in [-0.3, -0.25) is 4.79 Å². The Balaban J connectivity index is 1.47. The van der Waals surface area contributed by atoms with Crippen molar-refractivity contribution >= 4 is 11.6 Å². The quantitative estimate of drug-likeness (QED) is 0.907. The van der Waals surface area contributed by atoms with E-state index in [1.54, 1.807) is 0 Å². The third-order valence-electron chi connectivity index (χ3n) is 4.38. The van der Waals surface area contributed by atoms with E-state index in [0.29, 0.717) is 11.7 Å². The standard InChI is InChI=1S/C17H20N4O2/c22-16(14-6-1-2-9-18-14)19-13-5-3-4-12(10-13)15-20-17(23-21-15)11-7-8-11/h3-5,10-11,14,18H,1-2,6-9H2,(H,19,22). The summed E-state index contributed by atoms with van der Waals surface area (Å²) in [4.78, 5) is 16.7. The molecule has 1 amide bonds. The van der Waals surface area contributed by atoms with E-state index in [-0.39, 0.29) is 11.9 Å². The molecule has 2 N–H and O–H groups in total. The van der Waals surface area contributed by atoms with Crippen molar-refractivity contribution in [2.75, 3.05) is 11.9 Å². The van der Waals surface area contributed by atoms with Crippen LogP contribution in [-0.4, -0.2) is 28.6 Å². The Morgan fingerprint density at radius 3 is 2.96 bits per heavy atom. The summed E-state index contributed by atoms with van der Waals surface area (Å²) in [7, 11) is 0. The number of hydrogen-bond donors (Lipinski definition) is 2. The lowest BCUT2D eigenvalue weighted by atomic mass is 10.0. The maximum Gasteiger partial charge on any atom is 0.241 e. The van der Waals surface area contributed by atoms with Crippen LogP contribution in [0, 0.1) is 0 Å². The fraction of sp³-hybridized carbons (Fsp3) is 0.471. The third kappa shape index (κ3) is 3.27. The zero-order valence-electron chi connectivity index (χ0n) is 12.9. The van der Waals surface area contributed by atoms with Crippen LogP contribution in [-0.2, 0) is 4.79 Å². The van der Waals surface area contributed by atoms with Gasteiger partial charge in [-0.1, -0.05) is 23.7 Å². The van der Waals surface area contributed by atoms with E-state index < -0.39 is 0 Å². The Morgan fingerprint density at radius 1 is 1.26 bits per heavy atom. The molecule has 2 fully saturated rings. The number of rotatable bonds is 4. The molecular formula is C17H20N4O2. The van der Waals surface area contributed by atoms with E-state index in [1.165, 1.54) is 0 Å². The Kier molecular flexibility index (Phi) is 3.83. The highest BCUT2D eigenvalue weighted by molar-refractivity contribution is 5.95. The van der Waals surface area contributed by atoms with Gasteiger partial charge >= 0.3 is 0 Å². The van der Waals surface area contributed by atoms with E-state index in [4.69, 9.17) is 4.52 Å². The van der Waals surface area contributed by atoms with Gasteiger partial charge in [-0.25, -0.2) is 0 Å². The summed E-state index contributed by atoms with van der Waals surface area (Å²) in [5, 5.41) is 10.3. The van der Waals surface area contributed by atoms with E-state index in [0.717, 1.165) is 55.8 Å². The summed E-state index contributed by atoms with van der Waals surface area (Å²) >= 11 is 0. The van der Waals surface area contributed by atoms with Crippen molar-refractivity contribution < 1.29 is 9.32 Å². The van der Waals surface area contributed by atoms with Crippen molar-refractivity contribution in [3.05, 3.63) is 30.2 Å². The van der Waals surface area contributed by atoms with Crippen LogP contribution in [0.15, 0.2) is 28.8 Å². The minimum Gasteiger partial charge on any atom is -0.339 e. The second-order valence-corrected chi connectivity index (χ2v) is 6.30. The number of amides is 1. The third-order valence-corrected chi connectivity index (χ3v) is 4.38. The average molecular weight is 312 g/mol. The van der Waals surface area contributed by atoms with E-state index in [9.17, 15) is 4.79 Å². The van der Waals surface area contributed by atoms with Crippen molar-refractivity contribution in [2.24, 2.45) is 0 Å². The first kappa shape index (κ1) is 14.4. The highest BCUT2D eigenvalue weighted by Gasteiger charge is 2.29. The number of anilines is 1. The van der Waals surface area contributed by atoms with Crippen molar-refractivity contribution in [1.29, 1.82) is 0 Å². The number of hydrogen-bond acceptors (Lipinski definition) is 5. The van der Waals surface area contributed by atoms with Gasteiger partial charge in [0.2, 0.25) is 17.6 Å². The zero-order valence-corrected chi connectivity index (χ0v) is 12.9. The Hall–Kier alpha value is -2.21. The molecule has 2 heterocycles. The molecule has 4 rings (SSSR count). The molecule has 6 nitrogen and oxygen atoms in total. The van der Waals surface area contributed by atoms with Crippen LogP contribution < -0.4 is 10.6 Å². The Morgan fingerprint density at radius 2 is 2.17 bits per heavy atom. The van der Waals surface area contributed by atoms with Gasteiger partial charge in [0.15, 0.2) is 0 Å². The highest BCUT2D eigenvalue weighted by atomic mass is 16.5. The van der Waals surface area contributed by atoms with Crippen LogP contribution in [0.25, 0.3) is 11.4 Å². The summed E-state index contributed by atoms with van der Waals surface area (Å²) in [5.41, 5.74) is 1.62. The van der Waals surface area contributed by atoms with Crippen LogP contribution in [0.5, 0.6) is 0 Å². The SMILES string of the molecule is O=C(Nc1cccc(-c2noc(C3CC3)n2)c1)C1CCCCN1. The molecule has 1 unspecified atom stereocenters. The molecule has 1 aliphatic heterocycles. The maximum atomic E-state index is 12.3. The van der Waals surface area contributed by atoms with Crippen molar-refractivity contribution in [1.82, 2.24) is 15.5 Å². The molecule has 2 aliphatic rings. The Labute approximate surface area is 134 Å². The first-order valence-corrected chi connectivity index (χ1v) is 8.28. The summed E-state index contributed by atoms with van der Waals surface area (Å²) in [6.07, 6.45) is 5.39. The molecule has 1 atom stereocenters. The molecule has 1 aromatic heterocycles. The predicted molar refractivity (Wildman–Crippen MR) is 86.0 cm³/mol. The number of nitrogens with zero attached hydrogens (tertiary/aromatic N) is 2. The molecule has 6 heteroatoms. The minimum absolute atomic E-state index is 0.0219. The molecule has 1 saturated heterocycles. The van der Waals surface area contributed by atoms with Gasteiger partial charge in [-0.05, 0) is 44.4 Å². The lowest BCUT2D eigenvalue weighted by Crippen LogP contribution is -2.43. The second-order valence-electron chi connectivity index (χ2n) is 6.30. The fourth-order valence-corrected chi connectivity index (χ4v) is 2.89. The summed E-state index contributed by atoms with van der Waals surface area (Å²) in [5.74, 6) is 1.77. The van der Waals surface area contributed by atoms with Crippen LogP contribution in [0.1, 0.15) is 43.9 Å². The second kappa shape index (κ2) is 6.12. The summed E-state index contributed by atoms with van der Waals surface area (Å²) in [6.45, 7) is 0.908. The van der Waals surface area contributed by atoms with E-state index in [1.807, 2.05) is 24.3 Å². The van der Waals surface area contributed by atoms with Crippen LogP contribution in [0.3, 0.4) is 0 Å². The first-order chi connectivity index (χ1) is 11.3. The van der Waals surface area contributed by atoms with Crippen LogP contribution in [0.2, 0.25) is 0 Å². The molecule has 0 spiro atoms. The van der Waals surface area contributed by atoms with E-state index in [2.05, 4.69) is 20.8 Å². The Bertz CT molecular complexity index is 702. The van der Waals surface area contributed by atoms with E-state index >= 15 is 0 Å². The number of carbonyl (C=O) groups is 1. The molecule has 120 valence electrons. The van der Waals surface area contributed by atoms with Crippen molar-refractivity contribution in [3.8, 4) is 11.4 Å². The first-order valence-electron chi connectivity index (χ1n) is 8.28. The lowest BCUT2D eigenvalue weighted by Gasteiger charge is -2.22. The summed E-state index contributed by atoms with van der Waals surface area (Å²) < 4.78 is 5.30.